The number of hydrogen-bond acceptors (Lipinski definition) is 3. The van der Waals surface area contributed by atoms with Crippen LogP contribution in [0.5, 0.6) is 0 Å². The SMILES string of the molecule is CCC(C)CN(C)c1cc(CNC)ccn1. The van der Waals surface area contributed by atoms with Crippen molar-refractivity contribution in [3.63, 3.8) is 0 Å². The minimum Gasteiger partial charge on any atom is -0.359 e. The Kier molecular flexibility index (Phi) is 5.26. The molecular weight excluding hydrogens is 198 g/mol. The minimum absolute atomic E-state index is 0.708. The van der Waals surface area contributed by atoms with Gasteiger partial charge in [-0.2, -0.15) is 0 Å². The molecule has 1 aromatic rings. The predicted octanol–water partition coefficient (Wildman–Crippen LogP) is 2.28. The van der Waals surface area contributed by atoms with Crippen molar-refractivity contribution in [2.45, 2.75) is 26.8 Å². The number of anilines is 1. The first kappa shape index (κ1) is 13.0. The highest BCUT2D eigenvalue weighted by Crippen LogP contribution is 2.13. The van der Waals surface area contributed by atoms with Crippen LogP contribution in [-0.2, 0) is 6.54 Å². The first-order valence-electron chi connectivity index (χ1n) is 5.98. The van der Waals surface area contributed by atoms with Crippen LogP contribution in [0.3, 0.4) is 0 Å². The second kappa shape index (κ2) is 6.48. The normalized spacial score (nSPS) is 12.5. The molecular formula is C13H23N3. The van der Waals surface area contributed by atoms with Crippen molar-refractivity contribution in [1.82, 2.24) is 10.3 Å². The lowest BCUT2D eigenvalue weighted by molar-refractivity contribution is 0.557. The summed E-state index contributed by atoms with van der Waals surface area (Å²) in [5, 5.41) is 3.16. The fraction of sp³-hybridized carbons (Fsp3) is 0.615. The van der Waals surface area contributed by atoms with Crippen molar-refractivity contribution >= 4 is 5.82 Å². The Bertz CT molecular complexity index is 312. The van der Waals surface area contributed by atoms with Gasteiger partial charge in [-0.05, 0) is 30.7 Å². The lowest BCUT2D eigenvalue weighted by atomic mass is 10.1. The van der Waals surface area contributed by atoms with Gasteiger partial charge in [-0.3, -0.25) is 0 Å². The zero-order valence-electron chi connectivity index (χ0n) is 10.8. The molecule has 1 unspecified atom stereocenters. The molecule has 1 rings (SSSR count). The average molecular weight is 221 g/mol. The van der Waals surface area contributed by atoms with Crippen LogP contribution in [0.2, 0.25) is 0 Å². The van der Waals surface area contributed by atoms with Crippen molar-refractivity contribution < 1.29 is 0 Å². The summed E-state index contributed by atoms with van der Waals surface area (Å²) < 4.78 is 0. The summed E-state index contributed by atoms with van der Waals surface area (Å²) in [6.45, 7) is 6.45. The Morgan fingerprint density at radius 1 is 1.50 bits per heavy atom. The van der Waals surface area contributed by atoms with Crippen LogP contribution in [-0.4, -0.2) is 25.6 Å². The van der Waals surface area contributed by atoms with Gasteiger partial charge in [-0.15, -0.1) is 0 Å². The molecule has 1 heterocycles. The summed E-state index contributed by atoms with van der Waals surface area (Å²) in [4.78, 5) is 6.64. The van der Waals surface area contributed by atoms with E-state index in [0.29, 0.717) is 5.92 Å². The lowest BCUT2D eigenvalue weighted by Gasteiger charge is -2.22. The zero-order valence-corrected chi connectivity index (χ0v) is 10.8. The smallest absolute Gasteiger partial charge is 0.128 e. The van der Waals surface area contributed by atoms with E-state index in [1.54, 1.807) is 0 Å². The number of pyridine rings is 1. The van der Waals surface area contributed by atoms with Crippen LogP contribution < -0.4 is 10.2 Å². The average Bonchev–Trinajstić information content (AvgIpc) is 2.29. The van der Waals surface area contributed by atoms with Gasteiger partial charge in [0.25, 0.3) is 0 Å². The Hall–Kier alpha value is -1.09. The molecule has 0 aliphatic heterocycles. The van der Waals surface area contributed by atoms with Gasteiger partial charge in [-0.25, -0.2) is 4.98 Å². The van der Waals surface area contributed by atoms with E-state index in [2.05, 4.69) is 48.2 Å². The Morgan fingerprint density at radius 3 is 2.88 bits per heavy atom. The number of aromatic nitrogens is 1. The third-order valence-corrected chi connectivity index (χ3v) is 2.86. The Morgan fingerprint density at radius 2 is 2.25 bits per heavy atom. The van der Waals surface area contributed by atoms with Crippen LogP contribution in [0.1, 0.15) is 25.8 Å². The van der Waals surface area contributed by atoms with E-state index in [9.17, 15) is 0 Å². The van der Waals surface area contributed by atoms with Gasteiger partial charge in [0.15, 0.2) is 0 Å². The van der Waals surface area contributed by atoms with Crippen LogP contribution in [0.4, 0.5) is 5.82 Å². The molecule has 1 N–H and O–H groups in total. The molecule has 3 heteroatoms. The molecule has 1 aromatic heterocycles. The van der Waals surface area contributed by atoms with Gasteiger partial charge >= 0.3 is 0 Å². The van der Waals surface area contributed by atoms with Crippen molar-refractivity contribution in [3.05, 3.63) is 23.9 Å². The number of nitrogens with zero attached hydrogens (tertiary/aromatic N) is 2. The van der Waals surface area contributed by atoms with Gasteiger partial charge in [0.05, 0.1) is 0 Å². The number of nitrogens with one attached hydrogen (secondary N) is 1. The molecule has 0 bridgehead atoms. The maximum absolute atomic E-state index is 4.41. The summed E-state index contributed by atoms with van der Waals surface area (Å²) in [5.74, 6) is 1.77. The summed E-state index contributed by atoms with van der Waals surface area (Å²) in [5.41, 5.74) is 1.28. The van der Waals surface area contributed by atoms with Crippen molar-refractivity contribution in [1.29, 1.82) is 0 Å². The highest BCUT2D eigenvalue weighted by Gasteiger charge is 2.06. The Labute approximate surface area is 98.9 Å². The van der Waals surface area contributed by atoms with Gasteiger partial charge in [0, 0.05) is 26.3 Å². The topological polar surface area (TPSA) is 28.2 Å². The zero-order chi connectivity index (χ0) is 12.0. The molecule has 0 radical (unpaired) electrons. The molecule has 1 atom stereocenters. The van der Waals surface area contributed by atoms with E-state index in [0.717, 1.165) is 18.9 Å². The van der Waals surface area contributed by atoms with Crippen LogP contribution in [0.15, 0.2) is 18.3 Å². The third kappa shape index (κ3) is 3.81. The minimum atomic E-state index is 0.708. The van der Waals surface area contributed by atoms with E-state index < -0.39 is 0 Å². The molecule has 0 saturated heterocycles. The molecule has 0 saturated carbocycles. The van der Waals surface area contributed by atoms with Gasteiger partial charge < -0.3 is 10.2 Å². The van der Waals surface area contributed by atoms with E-state index >= 15 is 0 Å². The third-order valence-electron chi connectivity index (χ3n) is 2.86. The molecule has 0 aromatic carbocycles. The molecule has 90 valence electrons. The molecule has 0 aliphatic carbocycles. The molecule has 3 nitrogen and oxygen atoms in total. The molecule has 0 amide bonds. The first-order chi connectivity index (χ1) is 7.67. The molecule has 0 spiro atoms. The van der Waals surface area contributed by atoms with Crippen LogP contribution >= 0.6 is 0 Å². The standard InChI is InChI=1S/C13H23N3/c1-5-11(2)10-16(4)13-8-12(9-14-3)6-7-15-13/h6-8,11,14H,5,9-10H2,1-4H3. The number of hydrogen-bond donors (Lipinski definition) is 1. The fourth-order valence-corrected chi connectivity index (χ4v) is 1.67. The number of rotatable bonds is 6. The maximum Gasteiger partial charge on any atom is 0.128 e. The summed E-state index contributed by atoms with van der Waals surface area (Å²) in [7, 11) is 4.07. The fourth-order valence-electron chi connectivity index (χ4n) is 1.67. The highest BCUT2D eigenvalue weighted by atomic mass is 15.2. The van der Waals surface area contributed by atoms with E-state index in [-0.39, 0.29) is 0 Å². The van der Waals surface area contributed by atoms with E-state index in [1.807, 2.05) is 13.2 Å². The van der Waals surface area contributed by atoms with Gasteiger partial charge in [-0.1, -0.05) is 20.3 Å². The molecule has 16 heavy (non-hydrogen) atoms. The Balaban J connectivity index is 2.67. The lowest BCUT2D eigenvalue weighted by Crippen LogP contribution is -2.24. The van der Waals surface area contributed by atoms with Crippen LogP contribution in [0.25, 0.3) is 0 Å². The predicted molar refractivity (Wildman–Crippen MR) is 69.7 cm³/mol. The molecule has 0 fully saturated rings. The second-order valence-corrected chi connectivity index (χ2v) is 4.45. The van der Waals surface area contributed by atoms with Gasteiger partial charge in [0.1, 0.15) is 5.82 Å². The van der Waals surface area contributed by atoms with E-state index in [4.69, 9.17) is 0 Å². The van der Waals surface area contributed by atoms with Gasteiger partial charge in [0.2, 0.25) is 0 Å². The summed E-state index contributed by atoms with van der Waals surface area (Å²) in [6.07, 6.45) is 3.09. The van der Waals surface area contributed by atoms with Crippen molar-refractivity contribution in [3.8, 4) is 0 Å². The van der Waals surface area contributed by atoms with Crippen molar-refractivity contribution in [2.24, 2.45) is 5.92 Å². The molecule has 0 aliphatic rings. The quantitative estimate of drug-likeness (QED) is 0.799. The van der Waals surface area contributed by atoms with Crippen molar-refractivity contribution in [2.75, 3.05) is 25.5 Å². The van der Waals surface area contributed by atoms with Crippen LogP contribution in [0, 0.1) is 5.92 Å². The monoisotopic (exact) mass is 221 g/mol. The summed E-state index contributed by atoms with van der Waals surface area (Å²) >= 11 is 0. The first-order valence-corrected chi connectivity index (χ1v) is 5.98. The largest absolute Gasteiger partial charge is 0.359 e. The highest BCUT2D eigenvalue weighted by molar-refractivity contribution is 5.40. The maximum atomic E-state index is 4.41. The second-order valence-electron chi connectivity index (χ2n) is 4.45. The van der Waals surface area contributed by atoms with E-state index in [1.165, 1.54) is 12.0 Å². The summed E-state index contributed by atoms with van der Waals surface area (Å²) in [6, 6.07) is 4.20.